The van der Waals surface area contributed by atoms with Crippen LogP contribution in [0, 0.1) is 0 Å². The van der Waals surface area contributed by atoms with Crippen molar-refractivity contribution in [1.29, 1.82) is 0 Å². The van der Waals surface area contributed by atoms with Crippen LogP contribution in [0.5, 0.6) is 5.75 Å². The lowest BCUT2D eigenvalue weighted by atomic mass is 10.0. The fraction of sp³-hybridized carbons (Fsp3) is 0.408. The molecule has 0 saturated heterocycles. The first-order chi connectivity index (χ1) is 28.4. The summed E-state index contributed by atoms with van der Waals surface area (Å²) in [7, 11) is -0.636. The molecular formula is C49H64N4O6Si. The molecular weight excluding hydrogens is 769 g/mol. The Morgan fingerprint density at radius 1 is 0.800 bits per heavy atom. The highest BCUT2D eigenvalue weighted by Gasteiger charge is 2.40. The Kier molecular flexibility index (Phi) is 15.5. The molecule has 1 aromatic heterocycles. The minimum Gasteiger partial charge on any atom is -0.487 e. The lowest BCUT2D eigenvalue weighted by molar-refractivity contribution is -0.116. The van der Waals surface area contributed by atoms with Gasteiger partial charge in [-0.25, -0.2) is 4.79 Å². The number of nitrogens with one attached hydrogen (secondary N) is 2. The Hall–Kier alpha value is -5.23. The number of H-pyrrole nitrogens is 1. The summed E-state index contributed by atoms with van der Waals surface area (Å²) in [4.78, 5) is 45.1. The minimum atomic E-state index is -2.32. The molecule has 2 N–H and O–H groups in total. The molecule has 10 nitrogen and oxygen atoms in total. The van der Waals surface area contributed by atoms with Crippen LogP contribution in [-0.4, -0.2) is 67.4 Å². The highest BCUT2D eigenvalue weighted by molar-refractivity contribution is 6.74. The molecule has 11 heteroatoms. The number of aromatic nitrogens is 1. The van der Waals surface area contributed by atoms with Gasteiger partial charge in [-0.15, -0.1) is 0 Å². The molecule has 2 amide bonds. The number of rotatable bonds is 18. The maximum atomic E-state index is 13.0. The first-order valence-electron chi connectivity index (χ1n) is 21.0. The smallest absolute Gasteiger partial charge is 0.410 e. The lowest BCUT2D eigenvalue weighted by Crippen LogP contribution is -2.44. The van der Waals surface area contributed by atoms with Gasteiger partial charge < -0.3 is 29.1 Å². The van der Waals surface area contributed by atoms with Gasteiger partial charge in [0.2, 0.25) is 11.5 Å². The zero-order valence-electron chi connectivity index (χ0n) is 37.0. The third kappa shape index (κ3) is 13.7. The summed E-state index contributed by atoms with van der Waals surface area (Å²) in [6.45, 7) is 19.6. The molecule has 1 heterocycles. The number of ether oxygens (including phenoxy) is 2. The van der Waals surface area contributed by atoms with Gasteiger partial charge >= 0.3 is 6.09 Å². The molecule has 0 aliphatic heterocycles. The van der Waals surface area contributed by atoms with Crippen molar-refractivity contribution in [1.82, 2.24) is 14.8 Å². The van der Waals surface area contributed by atoms with Crippen molar-refractivity contribution in [3.05, 3.63) is 142 Å². The zero-order chi connectivity index (χ0) is 43.5. The van der Waals surface area contributed by atoms with Crippen LogP contribution in [0.1, 0.15) is 82.7 Å². The predicted octanol–water partition coefficient (Wildman–Crippen LogP) is 10.5. The van der Waals surface area contributed by atoms with E-state index in [1.54, 1.807) is 13.1 Å². The van der Waals surface area contributed by atoms with Crippen LogP contribution < -0.4 is 15.6 Å². The monoisotopic (exact) mass is 832 g/mol. The van der Waals surface area contributed by atoms with Crippen molar-refractivity contribution in [2.24, 2.45) is 0 Å². The molecule has 0 aliphatic rings. The number of fused-ring (bicyclic) bond motifs is 1. The van der Waals surface area contributed by atoms with E-state index in [1.165, 1.54) is 10.5 Å². The highest BCUT2D eigenvalue weighted by Crippen LogP contribution is 2.42. The number of benzene rings is 4. The van der Waals surface area contributed by atoms with E-state index in [-0.39, 0.29) is 29.0 Å². The van der Waals surface area contributed by atoms with Crippen LogP contribution in [0.2, 0.25) is 18.1 Å². The van der Waals surface area contributed by atoms with Gasteiger partial charge in [-0.2, -0.15) is 0 Å². The predicted molar refractivity (Wildman–Crippen MR) is 245 cm³/mol. The van der Waals surface area contributed by atoms with Crippen molar-refractivity contribution in [2.45, 2.75) is 104 Å². The van der Waals surface area contributed by atoms with E-state index in [4.69, 9.17) is 13.9 Å². The molecule has 0 spiro atoms. The molecule has 5 aromatic rings. The molecule has 0 saturated carbocycles. The number of carbonyl (C=O) groups is 2. The highest BCUT2D eigenvalue weighted by atomic mass is 28.4. The Morgan fingerprint density at radius 2 is 1.47 bits per heavy atom. The largest absolute Gasteiger partial charge is 0.487 e. The molecule has 4 aromatic carbocycles. The summed E-state index contributed by atoms with van der Waals surface area (Å²) in [5, 5.41) is 3.90. The number of hydrogen-bond acceptors (Lipinski definition) is 7. The van der Waals surface area contributed by atoms with Gasteiger partial charge in [-0.1, -0.05) is 99.6 Å². The average molecular weight is 833 g/mol. The quantitative estimate of drug-likeness (QED) is 0.0846. The van der Waals surface area contributed by atoms with Gasteiger partial charge in [0.1, 0.15) is 18.0 Å². The molecule has 1 unspecified atom stereocenters. The van der Waals surface area contributed by atoms with Crippen LogP contribution >= 0.6 is 0 Å². The molecule has 0 bridgehead atoms. The minimum absolute atomic E-state index is 0.0444. The fourth-order valence-corrected chi connectivity index (χ4v) is 7.92. The summed E-state index contributed by atoms with van der Waals surface area (Å²) >= 11 is 0. The lowest BCUT2D eigenvalue weighted by Gasteiger charge is -2.41. The SMILES string of the molecule is CN(CCCC(=O)Nc1cccc(CCN(Cc2ccccc2)CC(O[Si](C)(C)C(C)(C)C)c2ccc(OCc3ccccc3)c3[nH]c(=O)ccc23)c1)C(=O)OC(C)(C)C. The second-order valence-electron chi connectivity index (χ2n) is 18.1. The van der Waals surface area contributed by atoms with E-state index in [9.17, 15) is 14.4 Å². The van der Waals surface area contributed by atoms with Gasteiger partial charge in [-0.05, 0) is 98.3 Å². The standard InChI is InChI=1S/C49H64N4O6Si/c1-48(2,3)58-47(56)52(7)30-17-24-44(54)50-39-23-16-22-36(32-39)29-31-53(33-37-18-12-10-13-19-37)34-43(59-60(8,9)49(4,5)6)40-25-27-42(46-41(40)26-28-45(55)51-46)57-35-38-20-14-11-15-21-38/h10-16,18-23,25-28,32,43H,17,24,29-31,33-35H2,1-9H3,(H,50,54)(H,51,55). The van der Waals surface area contributed by atoms with Crippen molar-refractivity contribution in [3.63, 3.8) is 0 Å². The Morgan fingerprint density at radius 3 is 2.13 bits per heavy atom. The van der Waals surface area contributed by atoms with Crippen molar-refractivity contribution >= 4 is 36.9 Å². The number of hydrogen-bond donors (Lipinski definition) is 2. The number of aromatic amines is 1. The van der Waals surface area contributed by atoms with Crippen LogP contribution in [-0.2, 0) is 33.5 Å². The maximum absolute atomic E-state index is 13.0. The van der Waals surface area contributed by atoms with Gasteiger partial charge in [0.15, 0.2) is 8.32 Å². The van der Waals surface area contributed by atoms with E-state index in [1.807, 2.05) is 87.5 Å². The van der Waals surface area contributed by atoms with Crippen molar-refractivity contribution in [2.75, 3.05) is 32.0 Å². The molecule has 60 heavy (non-hydrogen) atoms. The normalized spacial score (nSPS) is 12.6. The van der Waals surface area contributed by atoms with Gasteiger partial charge in [-0.3, -0.25) is 14.5 Å². The summed E-state index contributed by atoms with van der Waals surface area (Å²) < 4.78 is 19.1. The molecule has 0 radical (unpaired) electrons. The summed E-state index contributed by atoms with van der Waals surface area (Å²) in [5.74, 6) is 0.508. The number of amides is 2. The van der Waals surface area contributed by atoms with E-state index in [0.717, 1.165) is 40.7 Å². The van der Waals surface area contributed by atoms with Crippen molar-refractivity contribution < 1.29 is 23.5 Å². The van der Waals surface area contributed by atoms with Crippen LogP contribution in [0.3, 0.4) is 0 Å². The van der Waals surface area contributed by atoms with E-state index >= 15 is 0 Å². The number of anilines is 1. The number of carbonyl (C=O) groups excluding carboxylic acids is 2. The Bertz CT molecular complexity index is 2230. The third-order valence-corrected chi connectivity index (χ3v) is 15.4. The first-order valence-corrected chi connectivity index (χ1v) is 23.9. The number of pyridine rings is 1. The molecule has 0 fully saturated rings. The zero-order valence-corrected chi connectivity index (χ0v) is 38.0. The Labute approximate surface area is 357 Å². The molecule has 320 valence electrons. The molecule has 5 rings (SSSR count). The average Bonchev–Trinajstić information content (AvgIpc) is 3.18. The van der Waals surface area contributed by atoms with E-state index in [0.29, 0.717) is 43.9 Å². The molecule has 0 aliphatic carbocycles. The van der Waals surface area contributed by atoms with E-state index in [2.05, 4.69) is 85.5 Å². The summed E-state index contributed by atoms with van der Waals surface area (Å²) in [6, 6.07) is 36.0. The fourth-order valence-electron chi connectivity index (χ4n) is 6.65. The summed E-state index contributed by atoms with van der Waals surface area (Å²) in [6.07, 6.45) is 0.820. The second kappa shape index (κ2) is 20.4. The summed E-state index contributed by atoms with van der Waals surface area (Å²) in [5.41, 5.74) is 4.96. The Balaban J connectivity index is 1.37. The van der Waals surface area contributed by atoms with Gasteiger partial charge in [0, 0.05) is 56.8 Å². The van der Waals surface area contributed by atoms with Gasteiger partial charge in [0.25, 0.3) is 0 Å². The van der Waals surface area contributed by atoms with E-state index < -0.39 is 20.0 Å². The number of nitrogens with zero attached hydrogens (tertiary/aromatic N) is 2. The van der Waals surface area contributed by atoms with Crippen molar-refractivity contribution in [3.8, 4) is 5.75 Å². The maximum Gasteiger partial charge on any atom is 0.410 e. The first kappa shape index (κ1) is 45.8. The van der Waals surface area contributed by atoms with Crippen LogP contribution in [0.4, 0.5) is 10.5 Å². The van der Waals surface area contributed by atoms with Crippen LogP contribution in [0.25, 0.3) is 10.9 Å². The third-order valence-electron chi connectivity index (χ3n) is 10.9. The molecule has 1 atom stereocenters. The topological polar surface area (TPSA) is 113 Å². The van der Waals surface area contributed by atoms with Gasteiger partial charge in [0.05, 0.1) is 11.6 Å². The van der Waals surface area contributed by atoms with Crippen LogP contribution in [0.15, 0.2) is 114 Å². The second-order valence-corrected chi connectivity index (χ2v) is 22.9.